The molecule has 0 fully saturated rings. The van der Waals surface area contributed by atoms with Gasteiger partial charge in [0.15, 0.2) is 17.2 Å². The summed E-state index contributed by atoms with van der Waals surface area (Å²) in [7, 11) is 3.01. The first-order chi connectivity index (χ1) is 14.7. The molecule has 0 saturated carbocycles. The van der Waals surface area contributed by atoms with Crippen molar-refractivity contribution in [2.45, 2.75) is 26.3 Å². The van der Waals surface area contributed by atoms with Crippen molar-refractivity contribution in [3.05, 3.63) is 28.6 Å². The molecule has 0 spiro atoms. The van der Waals surface area contributed by atoms with Gasteiger partial charge in [0.1, 0.15) is 11.0 Å². The van der Waals surface area contributed by atoms with Crippen molar-refractivity contribution < 1.29 is 18.9 Å². The summed E-state index contributed by atoms with van der Waals surface area (Å²) in [6.07, 6.45) is 1.79. The minimum atomic E-state index is -0.161. The lowest BCUT2D eigenvalue weighted by Gasteiger charge is -2.15. The zero-order valence-electron chi connectivity index (χ0n) is 16.9. The molecule has 0 amide bonds. The van der Waals surface area contributed by atoms with Crippen LogP contribution in [0.3, 0.4) is 0 Å². The highest BCUT2D eigenvalue weighted by Crippen LogP contribution is 2.38. The van der Waals surface area contributed by atoms with Crippen LogP contribution in [0.4, 0.5) is 0 Å². The number of methoxy groups -OCH3 is 2. The number of ether oxygens (including phenoxy) is 4. The summed E-state index contributed by atoms with van der Waals surface area (Å²) >= 11 is 0. The second-order valence-corrected chi connectivity index (χ2v) is 7.03. The number of nitrogens with zero attached hydrogens (tertiary/aromatic N) is 4. The molecule has 0 atom stereocenters. The SMILES string of the molecule is CCCCn1c(=O)c2cc(OC)c(OC)nc2c2nnc3cc4c(cc3c21)OCO4. The number of hydrogen-bond acceptors (Lipinski definition) is 8. The van der Waals surface area contributed by atoms with E-state index in [-0.39, 0.29) is 18.2 Å². The average molecular weight is 408 g/mol. The molecule has 1 aliphatic heterocycles. The Bertz CT molecular complexity index is 1370. The maximum absolute atomic E-state index is 13.5. The molecule has 30 heavy (non-hydrogen) atoms. The van der Waals surface area contributed by atoms with Crippen LogP contribution in [0.25, 0.3) is 32.8 Å². The van der Waals surface area contributed by atoms with Gasteiger partial charge in [0.25, 0.3) is 11.4 Å². The Hall–Kier alpha value is -3.62. The van der Waals surface area contributed by atoms with Crippen molar-refractivity contribution >= 4 is 32.8 Å². The smallest absolute Gasteiger partial charge is 0.260 e. The largest absolute Gasteiger partial charge is 0.491 e. The zero-order chi connectivity index (χ0) is 20.8. The molecule has 0 unspecified atom stereocenters. The summed E-state index contributed by atoms with van der Waals surface area (Å²) in [5, 5.41) is 9.98. The maximum atomic E-state index is 13.5. The van der Waals surface area contributed by atoms with E-state index in [1.54, 1.807) is 16.7 Å². The fraction of sp³-hybridized carbons (Fsp3) is 0.333. The van der Waals surface area contributed by atoms with E-state index in [1.165, 1.54) is 14.2 Å². The molecule has 0 aliphatic carbocycles. The van der Waals surface area contributed by atoms with Crippen molar-refractivity contribution in [2.75, 3.05) is 21.0 Å². The Balaban J connectivity index is 1.96. The van der Waals surface area contributed by atoms with E-state index in [1.807, 2.05) is 6.07 Å². The highest BCUT2D eigenvalue weighted by Gasteiger charge is 2.22. The van der Waals surface area contributed by atoms with E-state index >= 15 is 0 Å². The van der Waals surface area contributed by atoms with Gasteiger partial charge in [-0.15, -0.1) is 10.2 Å². The molecule has 4 aromatic rings. The number of rotatable bonds is 5. The molecule has 9 heteroatoms. The Morgan fingerprint density at radius 1 is 1.03 bits per heavy atom. The van der Waals surface area contributed by atoms with Crippen molar-refractivity contribution in [1.82, 2.24) is 19.7 Å². The predicted molar refractivity (Wildman–Crippen MR) is 111 cm³/mol. The Morgan fingerprint density at radius 3 is 2.57 bits per heavy atom. The van der Waals surface area contributed by atoms with E-state index in [4.69, 9.17) is 18.9 Å². The van der Waals surface area contributed by atoms with Crippen molar-refractivity contribution in [3.8, 4) is 23.1 Å². The lowest BCUT2D eigenvalue weighted by molar-refractivity contribution is 0.174. The lowest BCUT2D eigenvalue weighted by atomic mass is 10.1. The van der Waals surface area contributed by atoms with Gasteiger partial charge in [-0.05, 0) is 12.5 Å². The molecule has 3 aromatic heterocycles. The summed E-state index contributed by atoms with van der Waals surface area (Å²) in [6, 6.07) is 5.28. The maximum Gasteiger partial charge on any atom is 0.260 e. The number of benzene rings is 1. The molecule has 0 radical (unpaired) electrons. The van der Waals surface area contributed by atoms with E-state index in [0.717, 1.165) is 18.2 Å². The van der Waals surface area contributed by atoms with Gasteiger partial charge in [0.2, 0.25) is 6.79 Å². The highest BCUT2D eigenvalue weighted by atomic mass is 16.7. The number of fused-ring (bicyclic) bond motifs is 6. The van der Waals surface area contributed by atoms with Crippen LogP contribution in [0.15, 0.2) is 23.0 Å². The first-order valence-electron chi connectivity index (χ1n) is 9.71. The van der Waals surface area contributed by atoms with Crippen molar-refractivity contribution in [3.63, 3.8) is 0 Å². The van der Waals surface area contributed by atoms with Gasteiger partial charge in [0.05, 0.1) is 30.6 Å². The van der Waals surface area contributed by atoms with Crippen LogP contribution in [0.2, 0.25) is 0 Å². The fourth-order valence-corrected chi connectivity index (χ4v) is 3.81. The van der Waals surface area contributed by atoms with Gasteiger partial charge in [-0.25, -0.2) is 4.98 Å². The Labute approximate surface area is 171 Å². The third-order valence-electron chi connectivity index (χ3n) is 5.30. The van der Waals surface area contributed by atoms with E-state index in [9.17, 15) is 4.79 Å². The standard InChI is InChI=1S/C21H20N4O5/c1-4-5-6-25-19-11-7-14-15(30-10-29-14)9-13(11)23-24-18(19)17-12(21(25)26)8-16(27-2)20(22-17)28-3/h7-9H,4-6,10H2,1-3H3. The number of aryl methyl sites for hydroxylation is 1. The van der Waals surface area contributed by atoms with Gasteiger partial charge in [-0.3, -0.25) is 4.79 Å². The summed E-state index contributed by atoms with van der Waals surface area (Å²) < 4.78 is 23.5. The number of aromatic nitrogens is 4. The van der Waals surface area contributed by atoms with Crippen LogP contribution in [0.1, 0.15) is 19.8 Å². The lowest BCUT2D eigenvalue weighted by Crippen LogP contribution is -2.22. The molecule has 5 rings (SSSR count). The molecule has 154 valence electrons. The highest BCUT2D eigenvalue weighted by molar-refractivity contribution is 6.11. The monoisotopic (exact) mass is 408 g/mol. The third-order valence-corrected chi connectivity index (χ3v) is 5.30. The van der Waals surface area contributed by atoms with E-state index < -0.39 is 0 Å². The molecule has 0 saturated heterocycles. The normalized spacial score (nSPS) is 12.8. The van der Waals surface area contributed by atoms with Crippen LogP contribution < -0.4 is 24.5 Å². The molecule has 9 nitrogen and oxygen atoms in total. The first kappa shape index (κ1) is 18.4. The molecule has 1 aliphatic rings. The molecular formula is C21H20N4O5. The van der Waals surface area contributed by atoms with Gasteiger partial charge in [0, 0.05) is 24.1 Å². The molecule has 4 heterocycles. The van der Waals surface area contributed by atoms with Gasteiger partial charge in [-0.2, -0.15) is 0 Å². The molecule has 1 aromatic carbocycles. The fourth-order valence-electron chi connectivity index (χ4n) is 3.81. The second kappa shape index (κ2) is 7.01. The topological polar surface area (TPSA) is 97.6 Å². The first-order valence-corrected chi connectivity index (χ1v) is 9.71. The van der Waals surface area contributed by atoms with Crippen molar-refractivity contribution in [2.24, 2.45) is 0 Å². The minimum Gasteiger partial charge on any atom is -0.491 e. The summed E-state index contributed by atoms with van der Waals surface area (Å²) in [4.78, 5) is 18.1. The number of hydrogen-bond donors (Lipinski definition) is 0. The van der Waals surface area contributed by atoms with Crippen LogP contribution in [-0.4, -0.2) is 40.8 Å². The average Bonchev–Trinajstić information content (AvgIpc) is 3.23. The number of unbranched alkanes of at least 4 members (excludes halogenated alkanes) is 1. The second-order valence-electron chi connectivity index (χ2n) is 7.03. The van der Waals surface area contributed by atoms with Gasteiger partial charge >= 0.3 is 0 Å². The zero-order valence-corrected chi connectivity index (χ0v) is 16.9. The molecule has 0 N–H and O–H groups in total. The Kier molecular flexibility index (Phi) is 4.30. The van der Waals surface area contributed by atoms with Crippen LogP contribution >= 0.6 is 0 Å². The minimum absolute atomic E-state index is 0.154. The molecule has 0 bridgehead atoms. The van der Waals surface area contributed by atoms with Gasteiger partial charge < -0.3 is 23.5 Å². The van der Waals surface area contributed by atoms with E-state index in [0.29, 0.717) is 51.2 Å². The summed E-state index contributed by atoms with van der Waals surface area (Å²) in [5.74, 6) is 1.90. The van der Waals surface area contributed by atoms with E-state index in [2.05, 4.69) is 22.1 Å². The summed E-state index contributed by atoms with van der Waals surface area (Å²) in [6.45, 7) is 2.78. The summed E-state index contributed by atoms with van der Waals surface area (Å²) in [5.41, 5.74) is 2.08. The predicted octanol–water partition coefficient (Wildman–Crippen LogP) is 3.04. The van der Waals surface area contributed by atoms with Crippen molar-refractivity contribution in [1.29, 1.82) is 0 Å². The quantitative estimate of drug-likeness (QED) is 0.465. The third kappa shape index (κ3) is 2.62. The Morgan fingerprint density at radius 2 is 1.83 bits per heavy atom. The van der Waals surface area contributed by atoms with Crippen LogP contribution in [0.5, 0.6) is 23.1 Å². The van der Waals surface area contributed by atoms with Gasteiger partial charge in [-0.1, -0.05) is 13.3 Å². The van der Waals surface area contributed by atoms with Crippen LogP contribution in [-0.2, 0) is 6.54 Å². The number of pyridine rings is 2. The van der Waals surface area contributed by atoms with Crippen LogP contribution in [0, 0.1) is 0 Å². The molecular weight excluding hydrogens is 388 g/mol.